The van der Waals surface area contributed by atoms with Crippen LogP contribution in [0.5, 0.6) is 0 Å². The second-order valence-electron chi connectivity index (χ2n) is 4.93. The molecule has 1 aliphatic rings. The lowest BCUT2D eigenvalue weighted by atomic mass is 9.81. The Morgan fingerprint density at radius 2 is 1.94 bits per heavy atom. The molecule has 16 heavy (non-hydrogen) atoms. The highest BCUT2D eigenvalue weighted by Crippen LogP contribution is 2.34. The maximum atomic E-state index is 6.37. The van der Waals surface area contributed by atoms with Crippen molar-refractivity contribution in [3.8, 4) is 0 Å². The summed E-state index contributed by atoms with van der Waals surface area (Å²) in [5.41, 5.74) is 8.93. The van der Waals surface area contributed by atoms with Gasteiger partial charge in [-0.3, -0.25) is 0 Å². The van der Waals surface area contributed by atoms with E-state index in [-0.39, 0.29) is 6.04 Å². The van der Waals surface area contributed by atoms with E-state index in [0.717, 1.165) is 0 Å². The predicted molar refractivity (Wildman–Crippen MR) is 72.4 cm³/mol. The second kappa shape index (κ2) is 5.33. The van der Waals surface area contributed by atoms with Gasteiger partial charge in [0.2, 0.25) is 0 Å². The fourth-order valence-corrected chi connectivity index (χ4v) is 2.98. The van der Waals surface area contributed by atoms with Crippen LogP contribution in [0.3, 0.4) is 0 Å². The van der Waals surface area contributed by atoms with Crippen LogP contribution < -0.4 is 5.73 Å². The number of hydrogen-bond acceptors (Lipinski definition) is 1. The van der Waals surface area contributed by atoms with Gasteiger partial charge in [0.25, 0.3) is 0 Å². The number of halogens is 1. The quantitative estimate of drug-likeness (QED) is 0.858. The van der Waals surface area contributed by atoms with Crippen molar-refractivity contribution < 1.29 is 0 Å². The molecule has 1 saturated carbocycles. The van der Waals surface area contributed by atoms with Gasteiger partial charge in [-0.1, -0.05) is 47.3 Å². The summed E-state index contributed by atoms with van der Waals surface area (Å²) in [6.07, 6.45) is 6.69. The summed E-state index contributed by atoms with van der Waals surface area (Å²) >= 11 is 3.58. The summed E-state index contributed by atoms with van der Waals surface area (Å²) < 4.78 is 1.18. The van der Waals surface area contributed by atoms with Crippen molar-refractivity contribution in [1.29, 1.82) is 0 Å². The molecule has 0 aliphatic heterocycles. The minimum absolute atomic E-state index is 0.220. The topological polar surface area (TPSA) is 26.0 Å². The molecule has 1 atom stereocenters. The fraction of sp³-hybridized carbons (Fsp3) is 0.571. The zero-order valence-corrected chi connectivity index (χ0v) is 11.5. The van der Waals surface area contributed by atoms with Crippen molar-refractivity contribution >= 4 is 15.9 Å². The highest BCUT2D eigenvalue weighted by atomic mass is 79.9. The highest BCUT2D eigenvalue weighted by Gasteiger charge is 2.21. The molecule has 1 nitrogen and oxygen atoms in total. The molecule has 0 spiro atoms. The predicted octanol–water partition coefficient (Wildman–Crippen LogP) is 4.34. The van der Waals surface area contributed by atoms with E-state index in [9.17, 15) is 0 Å². The van der Waals surface area contributed by atoms with E-state index in [2.05, 4.69) is 41.1 Å². The Hall–Kier alpha value is -0.340. The molecule has 0 saturated heterocycles. The van der Waals surface area contributed by atoms with E-state index in [0.29, 0.717) is 5.92 Å². The van der Waals surface area contributed by atoms with E-state index < -0.39 is 0 Å². The van der Waals surface area contributed by atoms with E-state index in [1.807, 2.05) is 0 Å². The smallest absolute Gasteiger partial charge is 0.0323 e. The Morgan fingerprint density at radius 3 is 2.56 bits per heavy atom. The highest BCUT2D eigenvalue weighted by molar-refractivity contribution is 9.10. The van der Waals surface area contributed by atoms with Crippen LogP contribution in [0.15, 0.2) is 22.7 Å². The number of rotatable bonds is 2. The molecule has 2 rings (SSSR count). The zero-order valence-electron chi connectivity index (χ0n) is 9.88. The minimum Gasteiger partial charge on any atom is -0.324 e. The minimum atomic E-state index is 0.220. The molecule has 1 fully saturated rings. The lowest BCUT2D eigenvalue weighted by Gasteiger charge is -2.28. The average Bonchev–Trinajstić information content (AvgIpc) is 2.33. The summed E-state index contributed by atoms with van der Waals surface area (Å²) in [5, 5.41) is 0. The van der Waals surface area contributed by atoms with Gasteiger partial charge in [-0.25, -0.2) is 0 Å². The first kappa shape index (κ1) is 12.1. The van der Waals surface area contributed by atoms with Gasteiger partial charge < -0.3 is 5.73 Å². The Labute approximate surface area is 107 Å². The first-order chi connectivity index (χ1) is 7.68. The van der Waals surface area contributed by atoms with Crippen LogP contribution in [0.25, 0.3) is 0 Å². The molecule has 1 aromatic carbocycles. The van der Waals surface area contributed by atoms with E-state index >= 15 is 0 Å². The van der Waals surface area contributed by atoms with E-state index in [4.69, 9.17) is 5.73 Å². The van der Waals surface area contributed by atoms with Crippen molar-refractivity contribution in [3.63, 3.8) is 0 Å². The van der Waals surface area contributed by atoms with E-state index in [1.165, 1.54) is 47.7 Å². The molecule has 1 aliphatic carbocycles. The van der Waals surface area contributed by atoms with E-state index in [1.54, 1.807) is 0 Å². The number of hydrogen-bond donors (Lipinski definition) is 1. The zero-order chi connectivity index (χ0) is 11.5. The summed E-state index contributed by atoms with van der Waals surface area (Å²) in [4.78, 5) is 0. The summed E-state index contributed by atoms with van der Waals surface area (Å²) in [6, 6.07) is 6.74. The molecule has 2 N–H and O–H groups in total. The first-order valence-electron chi connectivity index (χ1n) is 6.20. The average molecular weight is 282 g/mol. The Kier molecular flexibility index (Phi) is 4.04. The van der Waals surface area contributed by atoms with Crippen molar-refractivity contribution in [1.82, 2.24) is 0 Å². The number of aryl methyl sites for hydroxylation is 1. The molecule has 88 valence electrons. The molecular formula is C14H20BrN. The maximum absolute atomic E-state index is 6.37. The van der Waals surface area contributed by atoms with Gasteiger partial charge in [0.1, 0.15) is 0 Å². The van der Waals surface area contributed by atoms with Gasteiger partial charge in [0.05, 0.1) is 0 Å². The number of nitrogens with two attached hydrogens (primary N) is 1. The SMILES string of the molecule is Cc1ccc([C@@H](N)C2CCCCC2)cc1Br. The van der Waals surface area contributed by atoms with Crippen LogP contribution in [0.2, 0.25) is 0 Å². The Morgan fingerprint density at radius 1 is 1.25 bits per heavy atom. The molecule has 2 heteroatoms. The molecule has 1 aromatic rings. The van der Waals surface area contributed by atoms with Crippen LogP contribution in [-0.2, 0) is 0 Å². The van der Waals surface area contributed by atoms with Crippen LogP contribution in [0, 0.1) is 12.8 Å². The van der Waals surface area contributed by atoms with Gasteiger partial charge in [-0.05, 0) is 42.9 Å². The van der Waals surface area contributed by atoms with Gasteiger partial charge in [0.15, 0.2) is 0 Å². The molecular weight excluding hydrogens is 262 g/mol. The first-order valence-corrected chi connectivity index (χ1v) is 6.99. The van der Waals surface area contributed by atoms with Gasteiger partial charge in [0, 0.05) is 10.5 Å². The molecule has 0 heterocycles. The monoisotopic (exact) mass is 281 g/mol. The lowest BCUT2D eigenvalue weighted by molar-refractivity contribution is 0.308. The van der Waals surface area contributed by atoms with Crippen LogP contribution in [0.1, 0.15) is 49.3 Å². The second-order valence-corrected chi connectivity index (χ2v) is 5.79. The van der Waals surface area contributed by atoms with Gasteiger partial charge in [-0.15, -0.1) is 0 Å². The van der Waals surface area contributed by atoms with Crippen molar-refractivity contribution in [2.24, 2.45) is 11.7 Å². The summed E-state index contributed by atoms with van der Waals surface area (Å²) in [5.74, 6) is 0.684. The molecule has 0 amide bonds. The van der Waals surface area contributed by atoms with Crippen molar-refractivity contribution in [2.45, 2.75) is 45.1 Å². The summed E-state index contributed by atoms with van der Waals surface area (Å²) in [6.45, 7) is 2.11. The van der Waals surface area contributed by atoms with Crippen LogP contribution in [-0.4, -0.2) is 0 Å². The summed E-state index contributed by atoms with van der Waals surface area (Å²) in [7, 11) is 0. The van der Waals surface area contributed by atoms with Crippen LogP contribution >= 0.6 is 15.9 Å². The van der Waals surface area contributed by atoms with Crippen molar-refractivity contribution in [2.75, 3.05) is 0 Å². The Balaban J connectivity index is 2.12. The lowest BCUT2D eigenvalue weighted by Crippen LogP contribution is -2.23. The maximum Gasteiger partial charge on any atom is 0.0323 e. The van der Waals surface area contributed by atoms with Crippen molar-refractivity contribution in [3.05, 3.63) is 33.8 Å². The van der Waals surface area contributed by atoms with Gasteiger partial charge >= 0.3 is 0 Å². The molecule has 0 bridgehead atoms. The van der Waals surface area contributed by atoms with Gasteiger partial charge in [-0.2, -0.15) is 0 Å². The normalized spacial score (nSPS) is 19.7. The third-order valence-corrected chi connectivity index (χ3v) is 4.59. The molecule has 0 aromatic heterocycles. The standard InChI is InChI=1S/C14H20BrN/c1-10-7-8-12(9-13(10)15)14(16)11-5-3-2-4-6-11/h7-9,11,14H,2-6,16H2,1H3/t14-/m0/s1. The largest absolute Gasteiger partial charge is 0.324 e. The fourth-order valence-electron chi connectivity index (χ4n) is 2.58. The molecule has 0 radical (unpaired) electrons. The Bertz CT molecular complexity index is 356. The third-order valence-electron chi connectivity index (χ3n) is 3.74. The van der Waals surface area contributed by atoms with Crippen LogP contribution in [0.4, 0.5) is 0 Å². The number of benzene rings is 1. The third kappa shape index (κ3) is 2.67. The molecule has 0 unspecified atom stereocenters.